The first-order valence-electron chi connectivity index (χ1n) is 8.84. The standard InChI is InChI=1S/C21H25FN2O.ClH/c1-14-12-19(17-10-6-7-11-18(17)22)24(13-14)21(25)15(2)20(23)16-8-4-3-5-9-16;/h3-11,14-15,19-20H,12-13,23H2,1-2H3;1H. The number of likely N-dealkylation sites (tertiary alicyclic amines) is 1. The molecular formula is C21H26ClFN2O. The summed E-state index contributed by atoms with van der Waals surface area (Å²) in [6.45, 7) is 4.61. The number of nitrogens with zero attached hydrogens (tertiary/aromatic N) is 1. The van der Waals surface area contributed by atoms with Crippen molar-refractivity contribution in [3.8, 4) is 0 Å². The molecule has 140 valence electrons. The maximum atomic E-state index is 14.3. The van der Waals surface area contributed by atoms with Gasteiger partial charge in [0.05, 0.1) is 12.0 Å². The van der Waals surface area contributed by atoms with Crippen molar-refractivity contribution in [3.63, 3.8) is 0 Å². The lowest BCUT2D eigenvalue weighted by Gasteiger charge is -2.30. The van der Waals surface area contributed by atoms with Crippen LogP contribution in [0.25, 0.3) is 0 Å². The largest absolute Gasteiger partial charge is 0.335 e. The molecule has 5 heteroatoms. The monoisotopic (exact) mass is 376 g/mol. The van der Waals surface area contributed by atoms with Gasteiger partial charge in [-0.1, -0.05) is 62.4 Å². The molecule has 2 N–H and O–H groups in total. The molecule has 1 saturated heterocycles. The van der Waals surface area contributed by atoms with Gasteiger partial charge in [-0.15, -0.1) is 12.4 Å². The predicted molar refractivity (Wildman–Crippen MR) is 104 cm³/mol. The van der Waals surface area contributed by atoms with Crippen molar-refractivity contribution < 1.29 is 9.18 Å². The first-order valence-corrected chi connectivity index (χ1v) is 8.84. The Morgan fingerprint density at radius 2 is 1.77 bits per heavy atom. The summed E-state index contributed by atoms with van der Waals surface area (Å²) in [5.41, 5.74) is 7.87. The fraction of sp³-hybridized carbons (Fsp3) is 0.381. The highest BCUT2D eigenvalue weighted by Crippen LogP contribution is 2.38. The van der Waals surface area contributed by atoms with Gasteiger partial charge in [0.1, 0.15) is 5.82 Å². The van der Waals surface area contributed by atoms with Crippen molar-refractivity contribution in [3.05, 3.63) is 71.5 Å². The SMILES string of the molecule is CC1CC(c2ccccc2F)N(C(=O)C(C)C(N)c2ccccc2)C1.Cl. The molecule has 0 bridgehead atoms. The molecule has 1 amide bonds. The number of nitrogens with two attached hydrogens (primary N) is 1. The second-order valence-electron chi connectivity index (χ2n) is 7.09. The molecule has 0 spiro atoms. The molecule has 0 radical (unpaired) electrons. The average molecular weight is 377 g/mol. The van der Waals surface area contributed by atoms with Crippen molar-refractivity contribution in [1.29, 1.82) is 0 Å². The summed E-state index contributed by atoms with van der Waals surface area (Å²) < 4.78 is 14.3. The molecular weight excluding hydrogens is 351 g/mol. The van der Waals surface area contributed by atoms with Gasteiger partial charge >= 0.3 is 0 Å². The maximum absolute atomic E-state index is 14.3. The molecule has 3 nitrogen and oxygen atoms in total. The van der Waals surface area contributed by atoms with Gasteiger partial charge < -0.3 is 10.6 Å². The molecule has 1 fully saturated rings. The normalized spacial score (nSPS) is 21.8. The topological polar surface area (TPSA) is 46.3 Å². The number of benzene rings is 2. The second kappa shape index (κ2) is 8.65. The highest BCUT2D eigenvalue weighted by molar-refractivity contribution is 5.85. The Hall–Kier alpha value is -1.91. The number of hydrogen-bond donors (Lipinski definition) is 1. The van der Waals surface area contributed by atoms with Crippen LogP contribution < -0.4 is 5.73 Å². The van der Waals surface area contributed by atoms with E-state index in [9.17, 15) is 9.18 Å². The van der Waals surface area contributed by atoms with Crippen LogP contribution in [0.2, 0.25) is 0 Å². The average Bonchev–Trinajstić information content (AvgIpc) is 3.02. The minimum Gasteiger partial charge on any atom is -0.335 e. The third-order valence-corrected chi connectivity index (χ3v) is 5.17. The van der Waals surface area contributed by atoms with Crippen LogP contribution in [0.4, 0.5) is 4.39 Å². The smallest absolute Gasteiger partial charge is 0.227 e. The number of amides is 1. The molecule has 0 aliphatic carbocycles. The Bertz CT molecular complexity index is 740. The number of hydrogen-bond acceptors (Lipinski definition) is 2. The Morgan fingerprint density at radius 1 is 1.15 bits per heavy atom. The van der Waals surface area contributed by atoms with E-state index in [0.717, 1.165) is 12.0 Å². The van der Waals surface area contributed by atoms with Crippen LogP contribution in [0.15, 0.2) is 54.6 Å². The lowest BCUT2D eigenvalue weighted by atomic mass is 9.93. The molecule has 0 aromatic heterocycles. The zero-order chi connectivity index (χ0) is 18.0. The third-order valence-electron chi connectivity index (χ3n) is 5.17. The molecule has 1 aliphatic heterocycles. The zero-order valence-electron chi connectivity index (χ0n) is 15.1. The lowest BCUT2D eigenvalue weighted by molar-refractivity contribution is -0.136. The Balaban J connectivity index is 0.00000243. The van der Waals surface area contributed by atoms with Crippen LogP contribution in [0, 0.1) is 17.7 Å². The van der Waals surface area contributed by atoms with Crippen LogP contribution >= 0.6 is 12.4 Å². The molecule has 2 aromatic carbocycles. The predicted octanol–water partition coefficient (Wildman–Crippen LogP) is 4.49. The molecule has 0 saturated carbocycles. The van der Waals surface area contributed by atoms with Crippen LogP contribution in [0.3, 0.4) is 0 Å². The first kappa shape index (κ1) is 20.4. The van der Waals surface area contributed by atoms with Crippen LogP contribution in [0.5, 0.6) is 0 Å². The van der Waals surface area contributed by atoms with Gasteiger partial charge in [0.15, 0.2) is 0 Å². The number of rotatable bonds is 4. The van der Waals surface area contributed by atoms with Crippen molar-refractivity contribution in [2.45, 2.75) is 32.4 Å². The van der Waals surface area contributed by atoms with Crippen molar-refractivity contribution in [2.24, 2.45) is 17.6 Å². The fourth-order valence-corrected chi connectivity index (χ4v) is 3.71. The van der Waals surface area contributed by atoms with E-state index in [1.54, 1.807) is 12.1 Å². The lowest BCUT2D eigenvalue weighted by Crippen LogP contribution is -2.39. The summed E-state index contributed by atoms with van der Waals surface area (Å²) in [7, 11) is 0. The quantitative estimate of drug-likeness (QED) is 0.854. The van der Waals surface area contributed by atoms with Gasteiger partial charge in [0, 0.05) is 18.2 Å². The van der Waals surface area contributed by atoms with Crippen LogP contribution in [-0.4, -0.2) is 17.4 Å². The minimum absolute atomic E-state index is 0. The van der Waals surface area contributed by atoms with Crippen LogP contribution in [0.1, 0.15) is 43.5 Å². The van der Waals surface area contributed by atoms with Gasteiger partial charge in [-0.3, -0.25) is 4.79 Å². The molecule has 1 aliphatic rings. The summed E-state index contributed by atoms with van der Waals surface area (Å²) in [5.74, 6) is -0.274. The third kappa shape index (κ3) is 4.08. The Kier molecular flexibility index (Phi) is 6.79. The van der Waals surface area contributed by atoms with E-state index in [2.05, 4.69) is 6.92 Å². The number of carbonyl (C=O) groups is 1. The van der Waals surface area contributed by atoms with Gasteiger partial charge in [0.25, 0.3) is 0 Å². The Labute approximate surface area is 160 Å². The summed E-state index contributed by atoms with van der Waals surface area (Å²) in [4.78, 5) is 14.9. The van der Waals surface area contributed by atoms with E-state index in [4.69, 9.17) is 5.73 Å². The van der Waals surface area contributed by atoms with E-state index in [-0.39, 0.29) is 42.1 Å². The van der Waals surface area contributed by atoms with Gasteiger partial charge in [-0.05, 0) is 24.0 Å². The van der Waals surface area contributed by atoms with E-state index in [1.807, 2.05) is 48.2 Å². The van der Waals surface area contributed by atoms with E-state index < -0.39 is 0 Å². The number of carbonyl (C=O) groups excluding carboxylic acids is 1. The van der Waals surface area contributed by atoms with E-state index in [1.165, 1.54) is 6.07 Å². The molecule has 26 heavy (non-hydrogen) atoms. The summed E-state index contributed by atoms with van der Waals surface area (Å²) >= 11 is 0. The highest BCUT2D eigenvalue weighted by atomic mass is 35.5. The Morgan fingerprint density at radius 3 is 2.42 bits per heavy atom. The van der Waals surface area contributed by atoms with E-state index >= 15 is 0 Å². The highest BCUT2D eigenvalue weighted by Gasteiger charge is 2.38. The summed E-state index contributed by atoms with van der Waals surface area (Å²) in [5, 5.41) is 0. The van der Waals surface area contributed by atoms with Crippen molar-refractivity contribution in [2.75, 3.05) is 6.54 Å². The fourth-order valence-electron chi connectivity index (χ4n) is 3.71. The first-order chi connectivity index (χ1) is 12.0. The zero-order valence-corrected chi connectivity index (χ0v) is 16.0. The number of halogens is 2. The summed E-state index contributed by atoms with van der Waals surface area (Å²) in [6, 6.07) is 15.8. The minimum atomic E-state index is -0.370. The molecule has 3 rings (SSSR count). The molecule has 1 heterocycles. The van der Waals surface area contributed by atoms with Gasteiger partial charge in [-0.25, -0.2) is 4.39 Å². The van der Waals surface area contributed by atoms with Gasteiger partial charge in [0.2, 0.25) is 5.91 Å². The maximum Gasteiger partial charge on any atom is 0.227 e. The summed E-state index contributed by atoms with van der Waals surface area (Å²) in [6.07, 6.45) is 0.778. The van der Waals surface area contributed by atoms with Gasteiger partial charge in [-0.2, -0.15) is 0 Å². The molecule has 2 aromatic rings. The van der Waals surface area contributed by atoms with Crippen LogP contribution in [-0.2, 0) is 4.79 Å². The molecule has 4 atom stereocenters. The second-order valence-corrected chi connectivity index (χ2v) is 7.09. The van der Waals surface area contributed by atoms with E-state index in [0.29, 0.717) is 18.0 Å². The molecule has 4 unspecified atom stereocenters. The van der Waals surface area contributed by atoms with Crippen molar-refractivity contribution >= 4 is 18.3 Å². The van der Waals surface area contributed by atoms with Crippen molar-refractivity contribution in [1.82, 2.24) is 4.90 Å².